The number of carboxylic acid groups (broad SMARTS) is 2. The molecule has 1 aromatic heterocycles. The Balaban J connectivity index is 1.64. The largest absolute Gasteiger partial charge is 0.481 e. The summed E-state index contributed by atoms with van der Waals surface area (Å²) >= 11 is 0. The number of rotatable bonds is 27. The van der Waals surface area contributed by atoms with E-state index in [1.807, 2.05) is 17.1 Å². The number of unbranched alkanes of at least 4 members (excludes halogenated alkanes) is 4. The van der Waals surface area contributed by atoms with Crippen molar-refractivity contribution in [3.05, 3.63) is 57.4 Å². The molecule has 0 aliphatic carbocycles. The van der Waals surface area contributed by atoms with Gasteiger partial charge in [-0.2, -0.15) is 8.42 Å². The quantitative estimate of drug-likeness (QED) is 0.0226. The number of H-pyrrole nitrogens is 1. The Morgan fingerprint density at radius 2 is 1.61 bits per heavy atom. The summed E-state index contributed by atoms with van der Waals surface area (Å²) < 4.78 is 67.9. The van der Waals surface area contributed by atoms with Crippen LogP contribution in [-0.2, 0) is 62.2 Å². The molecule has 3 aliphatic rings. The lowest BCUT2D eigenvalue weighted by Crippen LogP contribution is -2.60. The average Bonchev–Trinajstić information content (AvgIpc) is 3.69. The number of nitrogens with zero attached hydrogens (tertiary/aromatic N) is 3. The maximum Gasteiger partial charge on any atom is 0.397 e. The van der Waals surface area contributed by atoms with Crippen LogP contribution < -0.4 is 17.0 Å². The summed E-state index contributed by atoms with van der Waals surface area (Å²) in [7, 11) is -3.08. The van der Waals surface area contributed by atoms with Gasteiger partial charge in [0.2, 0.25) is 5.91 Å². The molecule has 14 unspecified atom stereocenters. The van der Waals surface area contributed by atoms with Gasteiger partial charge < -0.3 is 59.9 Å². The number of aromatic nitrogens is 2. The van der Waals surface area contributed by atoms with Crippen molar-refractivity contribution in [2.45, 2.75) is 164 Å². The molecule has 26 nitrogen and oxygen atoms in total. The van der Waals surface area contributed by atoms with Gasteiger partial charge in [-0.1, -0.05) is 51.0 Å². The van der Waals surface area contributed by atoms with E-state index in [4.69, 9.17) is 29.4 Å². The summed E-state index contributed by atoms with van der Waals surface area (Å²) in [6.45, 7) is 2.57. The van der Waals surface area contributed by atoms with E-state index in [2.05, 4.69) is 23.3 Å². The molecule has 3 fully saturated rings. The molecule has 0 spiro atoms. The molecule has 0 bridgehead atoms. The number of amides is 1. The molecule has 4 rings (SSSR count). The standard InChI is InChI=1S/C44H67N5O21S/c1-5-6-7-8-9-10-11-12-13-14-15-16-25(65-30(53)20-24(2)19-29(51)52)21-31(54)66-27-23-47(3)33(40(58)48(4)32(27)42(59)60)37(69-43-39(70-71(62,63)64)34(55)26(22-45)67-43)38-35(56)36(57)41(68-38)49-18-17-28(50)46-44(49)61/h9-10,12-13,17-18,24-27,32-39,41,43,55-57H,5-8,11,14-16,19-23,45H2,1-4H3,(H,51,52)(H,59,60)(H,46,50,61)(H,62,63,64). The number of esters is 2. The lowest BCUT2D eigenvalue weighted by atomic mass is 9.97. The van der Waals surface area contributed by atoms with Gasteiger partial charge in [-0.05, 0) is 51.5 Å². The summed E-state index contributed by atoms with van der Waals surface area (Å²) in [6, 6.07) is -2.91. The number of aliphatic hydroxyl groups is 3. The maximum absolute atomic E-state index is 14.7. The predicted molar refractivity (Wildman–Crippen MR) is 244 cm³/mol. The highest BCUT2D eigenvalue weighted by molar-refractivity contribution is 7.80. The van der Waals surface area contributed by atoms with Gasteiger partial charge in [0.15, 0.2) is 24.7 Å². The number of nitrogens with two attached hydrogens (primary N) is 1. The van der Waals surface area contributed by atoms with Crippen LogP contribution in [0.5, 0.6) is 0 Å². The fraction of sp³-hybridized carbons (Fsp3) is 0.705. The van der Waals surface area contributed by atoms with Gasteiger partial charge >= 0.3 is 40.0 Å². The number of carboxylic acids is 2. The van der Waals surface area contributed by atoms with Crippen LogP contribution >= 0.6 is 0 Å². The smallest absolute Gasteiger partial charge is 0.397 e. The fourth-order valence-corrected chi connectivity index (χ4v) is 9.11. The van der Waals surface area contributed by atoms with Gasteiger partial charge in [0, 0.05) is 45.2 Å². The van der Waals surface area contributed by atoms with Gasteiger partial charge in [-0.25, -0.2) is 13.8 Å². The van der Waals surface area contributed by atoms with Crippen LogP contribution in [0.4, 0.5) is 0 Å². The molecule has 4 heterocycles. The van der Waals surface area contributed by atoms with E-state index >= 15 is 0 Å². The summed E-state index contributed by atoms with van der Waals surface area (Å²) in [6.07, 6.45) is -6.26. The number of carbonyl (C=O) groups is 5. The third kappa shape index (κ3) is 16.8. The molecule has 3 saturated heterocycles. The molecule has 0 radical (unpaired) electrons. The van der Waals surface area contributed by atoms with Crippen molar-refractivity contribution in [3.8, 4) is 0 Å². The van der Waals surface area contributed by atoms with Crippen LogP contribution in [0.1, 0.15) is 90.7 Å². The monoisotopic (exact) mass is 1030 g/mol. The van der Waals surface area contributed by atoms with E-state index in [-0.39, 0.29) is 19.3 Å². The number of ether oxygens (including phenoxy) is 5. The number of hydrogen-bond acceptors (Lipinski definition) is 20. The third-order valence-corrected chi connectivity index (χ3v) is 12.6. The van der Waals surface area contributed by atoms with Crippen LogP contribution in [0.15, 0.2) is 46.2 Å². The molecule has 1 aromatic rings. The average molecular weight is 1030 g/mol. The Bertz CT molecular complexity index is 2260. The molecular weight excluding hydrogens is 967 g/mol. The van der Waals surface area contributed by atoms with Gasteiger partial charge in [-0.3, -0.25) is 43.0 Å². The molecule has 9 N–H and O–H groups in total. The first-order valence-electron chi connectivity index (χ1n) is 23.3. The third-order valence-electron chi connectivity index (χ3n) is 12.1. The lowest BCUT2D eigenvalue weighted by molar-refractivity contribution is -0.230. The van der Waals surface area contributed by atoms with Crippen molar-refractivity contribution in [1.82, 2.24) is 19.4 Å². The van der Waals surface area contributed by atoms with Crippen molar-refractivity contribution >= 4 is 40.2 Å². The molecule has 14 atom stereocenters. The summed E-state index contributed by atoms with van der Waals surface area (Å²) in [5.41, 5.74) is 3.78. The van der Waals surface area contributed by atoms with Crippen molar-refractivity contribution in [1.29, 1.82) is 0 Å². The number of aromatic amines is 1. The van der Waals surface area contributed by atoms with Crippen molar-refractivity contribution < 1.29 is 90.3 Å². The molecule has 71 heavy (non-hydrogen) atoms. The van der Waals surface area contributed by atoms with Gasteiger partial charge in [0.05, 0.1) is 6.42 Å². The van der Waals surface area contributed by atoms with E-state index in [0.717, 1.165) is 49.9 Å². The van der Waals surface area contributed by atoms with Crippen molar-refractivity contribution in [2.75, 3.05) is 27.2 Å². The molecule has 0 saturated carbocycles. The SMILES string of the molecule is CCCCCC=CCC=CCCCC(CC(=O)OC1CN(C)C(C(OC2OC(CN)C(O)C2OS(=O)(=O)O)C2OC(n3ccc(=O)[nH]c3=O)C(O)C2O)C(=O)N(C)C1C(=O)O)OC(=O)CC(C)CC(=O)O. The normalized spacial score (nSPS) is 28.8. The predicted octanol–water partition coefficient (Wildman–Crippen LogP) is -1.03. The minimum atomic E-state index is -5.37. The number of likely N-dealkylation sites (N-methyl/N-ethyl adjacent to an activating group) is 2. The number of carbonyl (C=O) groups excluding carboxylic acids is 3. The molecule has 400 valence electrons. The summed E-state index contributed by atoms with van der Waals surface area (Å²) in [5, 5.41) is 53.4. The van der Waals surface area contributed by atoms with Crippen LogP contribution in [0.2, 0.25) is 0 Å². The highest BCUT2D eigenvalue weighted by Crippen LogP contribution is 2.37. The Morgan fingerprint density at radius 3 is 2.21 bits per heavy atom. The topological polar surface area (TPSA) is 384 Å². The Kier molecular flexibility index (Phi) is 22.5. The van der Waals surface area contributed by atoms with Gasteiger partial charge in [0.1, 0.15) is 54.9 Å². The van der Waals surface area contributed by atoms with E-state index in [1.165, 1.54) is 14.0 Å². The second-order valence-corrected chi connectivity index (χ2v) is 18.9. The molecule has 27 heteroatoms. The van der Waals surface area contributed by atoms with Crippen molar-refractivity contribution in [3.63, 3.8) is 0 Å². The zero-order valence-electron chi connectivity index (χ0n) is 39.9. The number of allylic oxidation sites excluding steroid dienone is 4. The van der Waals surface area contributed by atoms with Gasteiger partial charge in [-0.15, -0.1) is 0 Å². The molecule has 3 aliphatic heterocycles. The fourth-order valence-electron chi connectivity index (χ4n) is 8.63. The Hall–Kier alpha value is -4.94. The van der Waals surface area contributed by atoms with Gasteiger partial charge in [0.25, 0.3) is 5.56 Å². The number of hydrogen-bond donors (Lipinski definition) is 8. The first kappa shape index (κ1) is 58.6. The van der Waals surface area contributed by atoms with Crippen molar-refractivity contribution in [2.24, 2.45) is 11.7 Å². The Labute approximate surface area is 409 Å². The van der Waals surface area contributed by atoms with Crippen LogP contribution in [0.3, 0.4) is 0 Å². The zero-order valence-corrected chi connectivity index (χ0v) is 40.7. The highest BCUT2D eigenvalue weighted by Gasteiger charge is 2.58. The first-order valence-corrected chi connectivity index (χ1v) is 24.6. The van der Waals surface area contributed by atoms with E-state index in [0.29, 0.717) is 28.7 Å². The summed E-state index contributed by atoms with van der Waals surface area (Å²) in [4.78, 5) is 94.2. The lowest BCUT2D eigenvalue weighted by Gasteiger charge is -2.38. The Morgan fingerprint density at radius 1 is 0.930 bits per heavy atom. The zero-order chi connectivity index (χ0) is 52.7. The molecule has 0 aromatic carbocycles. The van der Waals surface area contributed by atoms with E-state index < -0.39 is 156 Å². The van der Waals surface area contributed by atoms with Crippen LogP contribution in [0, 0.1) is 5.92 Å². The second-order valence-electron chi connectivity index (χ2n) is 17.8. The van der Waals surface area contributed by atoms with E-state index in [1.54, 1.807) is 0 Å². The number of aliphatic carboxylic acids is 2. The second kappa shape index (κ2) is 27.2. The minimum absolute atomic E-state index is 0.144. The number of nitrogens with one attached hydrogen (secondary N) is 1. The molecular formula is C44H67N5O21S. The maximum atomic E-state index is 14.7. The first-order chi connectivity index (χ1) is 33.5. The van der Waals surface area contributed by atoms with Crippen LogP contribution in [0.25, 0.3) is 0 Å². The van der Waals surface area contributed by atoms with E-state index in [9.17, 15) is 72.1 Å². The summed E-state index contributed by atoms with van der Waals surface area (Å²) in [5.74, 6) is -6.37. The minimum Gasteiger partial charge on any atom is -0.481 e. The highest BCUT2D eigenvalue weighted by atomic mass is 32.3. The van der Waals surface area contributed by atoms with Crippen LogP contribution in [-0.4, -0.2) is 188 Å². The molecule has 1 amide bonds. The number of aliphatic hydroxyl groups excluding tert-OH is 3.